The normalized spacial score (nSPS) is 56.7. The van der Waals surface area contributed by atoms with Crippen molar-refractivity contribution in [3.05, 3.63) is 11.6 Å². The fourth-order valence-corrected chi connectivity index (χ4v) is 21.8. The van der Waals surface area contributed by atoms with Gasteiger partial charge in [0.2, 0.25) is 6.29 Å². The molecule has 0 amide bonds. The van der Waals surface area contributed by atoms with Gasteiger partial charge in [-0.1, -0.05) is 53.2 Å². The van der Waals surface area contributed by atoms with Gasteiger partial charge in [0.05, 0.1) is 88.5 Å². The summed E-state index contributed by atoms with van der Waals surface area (Å²) in [5.41, 5.74) is -8.54. The van der Waals surface area contributed by atoms with E-state index in [1.165, 1.54) is 27.7 Å². The van der Waals surface area contributed by atoms with Crippen molar-refractivity contribution in [3.8, 4) is 0 Å². The third-order valence-electron chi connectivity index (χ3n) is 28.7. The Morgan fingerprint density at radius 2 is 0.930 bits per heavy atom. The van der Waals surface area contributed by atoms with Crippen LogP contribution in [0.15, 0.2) is 11.6 Å². The van der Waals surface area contributed by atoms with Crippen LogP contribution in [-0.2, 0) is 80.6 Å². The van der Waals surface area contributed by atoms with E-state index in [2.05, 4.69) is 0 Å². The Hall–Kier alpha value is -2.31. The molecule has 40 heteroatoms. The number of hydrogen-bond donors (Lipinski definition) is 23. The summed E-state index contributed by atoms with van der Waals surface area (Å²) in [6.07, 6.45) is -64.7. The van der Waals surface area contributed by atoms with E-state index in [1.54, 1.807) is 6.92 Å². The van der Waals surface area contributed by atoms with Crippen LogP contribution in [0, 0.1) is 50.2 Å². The van der Waals surface area contributed by atoms with Crippen LogP contribution < -0.4 is 0 Å². The lowest BCUT2D eigenvalue weighted by Crippen LogP contribution is -2.73. The maximum atomic E-state index is 15.9. The molecule has 4 saturated carbocycles. The summed E-state index contributed by atoms with van der Waals surface area (Å²) < 4.78 is 96.7. The smallest absolute Gasteiger partial charge is 0.317 e. The van der Waals surface area contributed by atoms with Gasteiger partial charge in [0.15, 0.2) is 50.1 Å². The van der Waals surface area contributed by atoms with Gasteiger partial charge in [0.1, 0.15) is 145 Å². The fraction of sp³-hybridized carbons (Fsp3) is 0.960. The van der Waals surface area contributed by atoms with E-state index in [4.69, 9.17) is 75.8 Å². The molecular formula is C75H122O40. The number of esters is 1. The second-order valence-corrected chi connectivity index (χ2v) is 36.5. The number of ether oxygens (including phenoxy) is 16. The summed E-state index contributed by atoms with van der Waals surface area (Å²) >= 11 is 0. The van der Waals surface area contributed by atoms with E-state index < -0.39 is 341 Å². The molecule has 0 radical (unpaired) electrons. The fourth-order valence-electron chi connectivity index (χ4n) is 21.8. The van der Waals surface area contributed by atoms with Crippen LogP contribution in [0.3, 0.4) is 0 Å². The molecule has 8 aliphatic heterocycles. The molecule has 13 rings (SSSR count). The van der Waals surface area contributed by atoms with Crippen molar-refractivity contribution in [2.45, 2.75) is 359 Å². The molecule has 8 saturated heterocycles. The molecule has 662 valence electrons. The molecule has 0 aromatic carbocycles. The van der Waals surface area contributed by atoms with E-state index in [0.29, 0.717) is 12.8 Å². The lowest BCUT2D eigenvalue weighted by atomic mass is 9.32. The quantitative estimate of drug-likeness (QED) is 0.0324. The monoisotopic (exact) mass is 1660 g/mol. The van der Waals surface area contributed by atoms with Gasteiger partial charge >= 0.3 is 5.97 Å². The van der Waals surface area contributed by atoms with Crippen molar-refractivity contribution >= 4 is 5.97 Å². The van der Waals surface area contributed by atoms with E-state index in [-0.39, 0.29) is 32.1 Å². The minimum Gasteiger partial charge on any atom is -0.432 e. The number of aliphatic hydroxyl groups is 23. The summed E-state index contributed by atoms with van der Waals surface area (Å²) in [5.74, 6) is -3.22. The van der Waals surface area contributed by atoms with Gasteiger partial charge in [-0.2, -0.15) is 0 Å². The van der Waals surface area contributed by atoms with Crippen LogP contribution in [0.1, 0.15) is 114 Å². The first kappa shape index (κ1) is 90.4. The maximum absolute atomic E-state index is 15.9. The molecule has 0 aromatic rings. The molecule has 8 heterocycles. The molecule has 48 unspecified atom stereocenters. The van der Waals surface area contributed by atoms with Crippen molar-refractivity contribution in [2.75, 3.05) is 39.6 Å². The Labute approximate surface area is 662 Å². The van der Waals surface area contributed by atoms with Crippen LogP contribution in [0.4, 0.5) is 0 Å². The van der Waals surface area contributed by atoms with Crippen molar-refractivity contribution in [1.82, 2.24) is 0 Å². The first-order valence-corrected chi connectivity index (χ1v) is 39.9. The number of aliphatic hydroxyl groups excluding tert-OH is 22. The highest BCUT2D eigenvalue weighted by molar-refractivity contribution is 5.80. The van der Waals surface area contributed by atoms with E-state index in [9.17, 15) is 117 Å². The third-order valence-corrected chi connectivity index (χ3v) is 28.7. The summed E-state index contributed by atoms with van der Waals surface area (Å²) in [7, 11) is 0. The molecule has 13 aliphatic rings. The highest BCUT2D eigenvalue weighted by atomic mass is 16.8. The molecule has 48 atom stereocenters. The second kappa shape index (κ2) is 33.6. The topological polar surface area (TPSA) is 630 Å². The SMILES string of the molecule is CC1OC(OC2C(O)COC(OC3C(C)OC(OC4C(OC(=O)C56CCC(C)(C)CC5C5=CCC7C8(C)CC(O)C(OC9OC(CO)C(OC%10OCC(O)(CO)C%10O)C(OC%10OC(C)C(O)C(O)C%10O)C9O)C(C)(CO)C8C(O)CC7(C)C5(C)CC6O)OCC(O)C4O)C(O)C3OC3OC(C)C(O)C(O)C3O)C2O)C(O)C(O)C1O. The number of carbonyl (C=O) groups excluding carboxylic acids is 1. The maximum Gasteiger partial charge on any atom is 0.317 e. The highest BCUT2D eigenvalue weighted by Gasteiger charge is 2.75. The predicted octanol–water partition coefficient (Wildman–Crippen LogP) is -8.82. The van der Waals surface area contributed by atoms with Gasteiger partial charge in [0, 0.05) is 11.3 Å². The van der Waals surface area contributed by atoms with Crippen molar-refractivity contribution in [2.24, 2.45) is 50.2 Å². The molecule has 0 spiro atoms. The van der Waals surface area contributed by atoms with Gasteiger partial charge < -0.3 is 193 Å². The third kappa shape index (κ3) is 15.5. The number of carbonyl (C=O) groups is 1. The Bertz CT molecular complexity index is 3350. The molecule has 0 bridgehead atoms. The molecule has 5 aliphatic carbocycles. The highest BCUT2D eigenvalue weighted by Crippen LogP contribution is 2.76. The average molecular weight is 1660 g/mol. The summed E-state index contributed by atoms with van der Waals surface area (Å²) in [6, 6.07) is 0. The van der Waals surface area contributed by atoms with Crippen LogP contribution in [0.2, 0.25) is 0 Å². The Balaban J connectivity index is 0.751. The Morgan fingerprint density at radius 3 is 1.48 bits per heavy atom. The Morgan fingerprint density at radius 1 is 0.443 bits per heavy atom. The van der Waals surface area contributed by atoms with Gasteiger partial charge in [-0.3, -0.25) is 4.79 Å². The lowest BCUT2D eigenvalue weighted by molar-refractivity contribution is -0.395. The van der Waals surface area contributed by atoms with E-state index in [0.717, 1.165) is 5.57 Å². The van der Waals surface area contributed by atoms with Crippen LogP contribution in [0.25, 0.3) is 0 Å². The molecule has 0 aromatic heterocycles. The lowest BCUT2D eigenvalue weighted by Gasteiger charge is -2.73. The van der Waals surface area contributed by atoms with Crippen LogP contribution in [-0.4, -0.2) is 408 Å². The zero-order valence-electron chi connectivity index (χ0n) is 65.7. The number of rotatable bonds is 19. The minimum atomic E-state index is -2.22. The van der Waals surface area contributed by atoms with Crippen molar-refractivity contribution in [1.29, 1.82) is 0 Å². The summed E-state index contributed by atoms with van der Waals surface area (Å²) in [6.45, 7) is 12.5. The first-order chi connectivity index (χ1) is 53.8. The van der Waals surface area contributed by atoms with Crippen molar-refractivity contribution in [3.63, 3.8) is 0 Å². The second-order valence-electron chi connectivity index (χ2n) is 36.5. The zero-order valence-corrected chi connectivity index (χ0v) is 65.7. The van der Waals surface area contributed by atoms with Gasteiger partial charge in [-0.15, -0.1) is 0 Å². The van der Waals surface area contributed by atoms with E-state index >= 15 is 4.79 Å². The van der Waals surface area contributed by atoms with Gasteiger partial charge in [-0.25, -0.2) is 0 Å². The molecule has 40 nitrogen and oxygen atoms in total. The van der Waals surface area contributed by atoms with Crippen molar-refractivity contribution < 1.29 is 198 Å². The van der Waals surface area contributed by atoms with Gasteiger partial charge in [0.25, 0.3) is 0 Å². The minimum absolute atomic E-state index is 0.00850. The average Bonchev–Trinajstić information content (AvgIpc) is 0.913. The molecule has 12 fully saturated rings. The Kier molecular flexibility index (Phi) is 26.4. The molecular weight excluding hydrogens is 1540 g/mol. The first-order valence-electron chi connectivity index (χ1n) is 39.9. The largest absolute Gasteiger partial charge is 0.432 e. The summed E-state index contributed by atoms with van der Waals surface area (Å²) in [4.78, 5) is 15.9. The predicted molar refractivity (Wildman–Crippen MR) is 375 cm³/mol. The van der Waals surface area contributed by atoms with Crippen LogP contribution in [0.5, 0.6) is 0 Å². The van der Waals surface area contributed by atoms with Gasteiger partial charge in [-0.05, 0) is 106 Å². The summed E-state index contributed by atoms with van der Waals surface area (Å²) in [5, 5.41) is 262. The number of hydrogen-bond acceptors (Lipinski definition) is 40. The molecule has 23 N–H and O–H groups in total. The zero-order chi connectivity index (χ0) is 84.1. The molecule has 115 heavy (non-hydrogen) atoms. The van der Waals surface area contributed by atoms with Crippen LogP contribution >= 0.6 is 0 Å². The number of allylic oxidation sites excluding steroid dienone is 2. The van der Waals surface area contributed by atoms with E-state index in [1.807, 2.05) is 40.7 Å². The standard InChI is InChI=1S/C75H122O40/c1-25-38(84)42(88)45(91)61(103-25)109-52-34(82)21-100-60(48(52)94)108-51-28(4)106-64(49(95)54(51)111-62-46(92)43(89)39(85)26(2)104-62)113-56-41(87)33(81)20-101-66(56)115-68(98)75-14-13-69(5,6)15-30(75)29-11-12-36-70(7)16-32(80)59(71(8,22-77)57(70)31(79)17-73(36,10)72(29,9)18-37(75)83)114-65-50(96)55(112-63-47(93)44(90)40(86)27(3)105-63)53(35(19-76)107-65)110-67-58(97)74(99,23-78)24-102-67/h11,25-28,30-67,76-97,99H,12-24H2,1-10H3. The number of fused-ring (bicyclic) bond motifs is 7.